The Kier molecular flexibility index (Phi) is 8.69. The van der Waals surface area contributed by atoms with Crippen LogP contribution in [-0.2, 0) is 27.2 Å². The molecule has 5 rings (SSSR count). The van der Waals surface area contributed by atoms with Crippen LogP contribution >= 0.6 is 0 Å². The molecule has 3 aromatic carbocycles. The summed E-state index contributed by atoms with van der Waals surface area (Å²) >= 11 is 0. The number of hydrogen-bond donors (Lipinski definition) is 1. The molecule has 8 heteroatoms. The van der Waals surface area contributed by atoms with Gasteiger partial charge in [-0.25, -0.2) is 14.6 Å². The minimum Gasteiger partial charge on any atom is -0.459 e. The standard InChI is InChI=1S/C33H37N3O5/c1-33(2,3)41-32(38)36-18-14-28(29(21-36)40-22-24-10-11-25-6-4-5-7-27(25)20-24)26-12-8-23(9-13-26)15-19-39-31(37)30-34-16-17-35-30/h4-13,16-17,20,28-29H,14-15,18-19,21-22H2,1-3H3,(H,34,35). The van der Waals surface area contributed by atoms with E-state index in [4.69, 9.17) is 14.2 Å². The minimum absolute atomic E-state index is 0.125. The fourth-order valence-corrected chi connectivity index (χ4v) is 5.13. The van der Waals surface area contributed by atoms with Crippen molar-refractivity contribution in [3.8, 4) is 0 Å². The molecule has 1 aliphatic rings. The van der Waals surface area contributed by atoms with Crippen molar-refractivity contribution in [3.63, 3.8) is 0 Å². The summed E-state index contributed by atoms with van der Waals surface area (Å²) in [7, 11) is 0. The number of hydrogen-bond acceptors (Lipinski definition) is 6. The summed E-state index contributed by atoms with van der Waals surface area (Å²) in [6.45, 7) is 7.41. The second-order valence-corrected chi connectivity index (χ2v) is 11.4. The number of aromatic amines is 1. The minimum atomic E-state index is -0.558. The predicted octanol–water partition coefficient (Wildman–Crippen LogP) is 6.27. The van der Waals surface area contributed by atoms with Crippen LogP contribution < -0.4 is 0 Å². The Morgan fingerprint density at radius 3 is 2.49 bits per heavy atom. The number of benzene rings is 3. The van der Waals surface area contributed by atoms with E-state index in [1.54, 1.807) is 11.1 Å². The second kappa shape index (κ2) is 12.6. The molecule has 1 aliphatic heterocycles. The Balaban J connectivity index is 1.25. The van der Waals surface area contributed by atoms with E-state index in [9.17, 15) is 9.59 Å². The lowest BCUT2D eigenvalue weighted by Crippen LogP contribution is -2.48. The number of carbonyl (C=O) groups is 2. The molecule has 0 saturated carbocycles. The van der Waals surface area contributed by atoms with Crippen LogP contribution in [0, 0.1) is 0 Å². The highest BCUT2D eigenvalue weighted by molar-refractivity contribution is 5.85. The molecule has 41 heavy (non-hydrogen) atoms. The van der Waals surface area contributed by atoms with E-state index in [0.29, 0.717) is 26.1 Å². The van der Waals surface area contributed by atoms with Gasteiger partial charge in [0.25, 0.3) is 0 Å². The highest BCUT2D eigenvalue weighted by atomic mass is 16.6. The fraction of sp³-hybridized carbons (Fsp3) is 0.364. The molecule has 4 aromatic rings. The van der Waals surface area contributed by atoms with Crippen molar-refractivity contribution >= 4 is 22.8 Å². The van der Waals surface area contributed by atoms with Gasteiger partial charge in [-0.15, -0.1) is 0 Å². The molecule has 1 saturated heterocycles. The molecule has 0 radical (unpaired) electrons. The van der Waals surface area contributed by atoms with E-state index in [-0.39, 0.29) is 30.5 Å². The van der Waals surface area contributed by atoms with E-state index in [0.717, 1.165) is 23.1 Å². The highest BCUT2D eigenvalue weighted by Gasteiger charge is 2.35. The lowest BCUT2D eigenvalue weighted by molar-refractivity contribution is -0.0359. The third kappa shape index (κ3) is 7.52. The fourth-order valence-electron chi connectivity index (χ4n) is 5.13. The van der Waals surface area contributed by atoms with Crippen LogP contribution in [0.3, 0.4) is 0 Å². The third-order valence-corrected chi connectivity index (χ3v) is 7.21. The van der Waals surface area contributed by atoms with Crippen molar-refractivity contribution in [1.82, 2.24) is 14.9 Å². The first-order valence-electron chi connectivity index (χ1n) is 14.1. The molecular formula is C33H37N3O5. The molecule has 2 unspecified atom stereocenters. The first-order valence-corrected chi connectivity index (χ1v) is 14.1. The van der Waals surface area contributed by atoms with Gasteiger partial charge in [0.15, 0.2) is 0 Å². The number of ether oxygens (including phenoxy) is 3. The average Bonchev–Trinajstić information content (AvgIpc) is 3.51. The summed E-state index contributed by atoms with van der Waals surface area (Å²) < 4.78 is 17.5. The molecular weight excluding hydrogens is 518 g/mol. The summed E-state index contributed by atoms with van der Waals surface area (Å²) in [6.07, 6.45) is 3.98. The van der Waals surface area contributed by atoms with E-state index in [1.165, 1.54) is 17.0 Å². The molecule has 0 bridgehead atoms. The monoisotopic (exact) mass is 555 g/mol. The number of H-pyrrole nitrogens is 1. The summed E-state index contributed by atoms with van der Waals surface area (Å²) in [6, 6.07) is 23.0. The van der Waals surface area contributed by atoms with Gasteiger partial charge >= 0.3 is 12.1 Å². The molecule has 0 spiro atoms. The lowest BCUT2D eigenvalue weighted by Gasteiger charge is -2.39. The van der Waals surface area contributed by atoms with Gasteiger partial charge in [0, 0.05) is 31.3 Å². The predicted molar refractivity (Wildman–Crippen MR) is 157 cm³/mol. The van der Waals surface area contributed by atoms with Crippen LogP contribution in [0.15, 0.2) is 79.1 Å². The van der Waals surface area contributed by atoms with Crippen molar-refractivity contribution < 1.29 is 23.8 Å². The summed E-state index contributed by atoms with van der Waals surface area (Å²) in [5.41, 5.74) is 2.77. The quantitative estimate of drug-likeness (QED) is 0.258. The number of rotatable bonds is 8. The number of nitrogens with one attached hydrogen (secondary N) is 1. The maximum atomic E-state index is 12.9. The summed E-state index contributed by atoms with van der Waals surface area (Å²) in [5, 5.41) is 2.37. The van der Waals surface area contributed by atoms with Gasteiger partial charge < -0.3 is 24.1 Å². The zero-order valence-electron chi connectivity index (χ0n) is 23.8. The van der Waals surface area contributed by atoms with Crippen molar-refractivity contribution in [2.24, 2.45) is 0 Å². The second-order valence-electron chi connectivity index (χ2n) is 11.4. The first-order chi connectivity index (χ1) is 19.7. The van der Waals surface area contributed by atoms with Gasteiger partial charge in [-0.3, -0.25) is 0 Å². The highest BCUT2D eigenvalue weighted by Crippen LogP contribution is 2.32. The normalized spacial score (nSPS) is 17.4. The zero-order valence-corrected chi connectivity index (χ0v) is 23.8. The van der Waals surface area contributed by atoms with Crippen LogP contribution in [0.4, 0.5) is 4.79 Å². The molecule has 2 heterocycles. The number of nitrogens with zero attached hydrogens (tertiary/aromatic N) is 2. The van der Waals surface area contributed by atoms with Crippen molar-refractivity contribution in [3.05, 3.63) is 102 Å². The Labute approximate surface area is 240 Å². The SMILES string of the molecule is CC(C)(C)OC(=O)N1CCC(c2ccc(CCOC(=O)c3ncc[nH]3)cc2)C(OCc2ccc3ccccc3c2)C1. The van der Waals surface area contributed by atoms with Crippen LogP contribution in [-0.4, -0.2) is 58.3 Å². The first kappa shape index (κ1) is 28.4. The summed E-state index contributed by atoms with van der Waals surface area (Å²) in [4.78, 5) is 33.3. The van der Waals surface area contributed by atoms with Gasteiger partial charge in [-0.2, -0.15) is 0 Å². The van der Waals surface area contributed by atoms with Crippen molar-refractivity contribution in [2.75, 3.05) is 19.7 Å². The smallest absolute Gasteiger partial charge is 0.410 e. The number of esters is 1. The molecule has 2 atom stereocenters. The number of fused-ring (bicyclic) bond motifs is 1. The Morgan fingerprint density at radius 2 is 1.76 bits per heavy atom. The van der Waals surface area contributed by atoms with Gasteiger partial charge in [-0.1, -0.05) is 60.7 Å². The van der Waals surface area contributed by atoms with E-state index >= 15 is 0 Å². The largest absolute Gasteiger partial charge is 0.459 e. The molecule has 1 fully saturated rings. The van der Waals surface area contributed by atoms with Gasteiger partial charge in [0.1, 0.15) is 5.60 Å². The maximum Gasteiger partial charge on any atom is 0.410 e. The van der Waals surface area contributed by atoms with Gasteiger partial charge in [0.05, 0.1) is 25.9 Å². The van der Waals surface area contributed by atoms with Gasteiger partial charge in [-0.05, 0) is 60.7 Å². The molecule has 1 N–H and O–H groups in total. The topological polar surface area (TPSA) is 93.7 Å². The molecule has 0 aliphatic carbocycles. The average molecular weight is 556 g/mol. The summed E-state index contributed by atoms with van der Waals surface area (Å²) in [5.74, 6) is -0.137. The van der Waals surface area contributed by atoms with E-state index in [1.807, 2.05) is 32.9 Å². The maximum absolute atomic E-state index is 12.9. The molecule has 1 aromatic heterocycles. The number of aromatic nitrogens is 2. The zero-order chi connectivity index (χ0) is 28.8. The Morgan fingerprint density at radius 1 is 1.00 bits per heavy atom. The number of carbonyl (C=O) groups excluding carboxylic acids is 2. The van der Waals surface area contributed by atoms with Crippen LogP contribution in [0.5, 0.6) is 0 Å². The lowest BCUT2D eigenvalue weighted by atomic mass is 9.86. The van der Waals surface area contributed by atoms with Gasteiger partial charge in [0.2, 0.25) is 5.82 Å². The van der Waals surface area contributed by atoms with E-state index in [2.05, 4.69) is 64.6 Å². The number of piperidine rings is 1. The van der Waals surface area contributed by atoms with Crippen molar-refractivity contribution in [1.29, 1.82) is 0 Å². The molecule has 214 valence electrons. The van der Waals surface area contributed by atoms with Crippen LogP contribution in [0.25, 0.3) is 10.8 Å². The molecule has 8 nitrogen and oxygen atoms in total. The van der Waals surface area contributed by atoms with E-state index < -0.39 is 11.6 Å². The number of imidazole rings is 1. The Hall–Kier alpha value is -4.17. The third-order valence-electron chi connectivity index (χ3n) is 7.21. The van der Waals surface area contributed by atoms with Crippen molar-refractivity contribution in [2.45, 2.75) is 57.8 Å². The number of likely N-dealkylation sites (tertiary alicyclic amines) is 1. The Bertz CT molecular complexity index is 1460. The molecule has 1 amide bonds. The van der Waals surface area contributed by atoms with Crippen LogP contribution in [0.1, 0.15) is 60.4 Å². The van der Waals surface area contributed by atoms with Crippen LogP contribution in [0.2, 0.25) is 0 Å². The number of amides is 1.